The van der Waals surface area contributed by atoms with Crippen molar-refractivity contribution in [1.82, 2.24) is 0 Å². The summed E-state index contributed by atoms with van der Waals surface area (Å²) in [6.45, 7) is 4.03. The third-order valence-corrected chi connectivity index (χ3v) is 5.70. The number of thioether (sulfide) groups is 1. The Bertz CT molecular complexity index is 1030. The van der Waals surface area contributed by atoms with Crippen molar-refractivity contribution >= 4 is 41.2 Å². The summed E-state index contributed by atoms with van der Waals surface area (Å²) in [6, 6.07) is 12.8. The van der Waals surface area contributed by atoms with Crippen LogP contribution in [-0.4, -0.2) is 30.1 Å². The van der Waals surface area contributed by atoms with Gasteiger partial charge >= 0.3 is 5.97 Å². The number of phenols is 1. The molecular formula is C23H21ClO5S. The number of hydrogen-bond donors (Lipinski definition) is 1. The first-order valence-electron chi connectivity index (χ1n) is 9.48. The first-order valence-corrected chi connectivity index (χ1v) is 10.7. The van der Waals surface area contributed by atoms with Crippen LogP contribution in [0.3, 0.4) is 0 Å². The summed E-state index contributed by atoms with van der Waals surface area (Å²) in [5.74, 6) is -0.925. The number of ketones is 1. The van der Waals surface area contributed by atoms with Gasteiger partial charge in [-0.15, -0.1) is 0 Å². The molecule has 2 aromatic rings. The second kappa shape index (κ2) is 9.87. The van der Waals surface area contributed by atoms with Crippen LogP contribution in [0.15, 0.2) is 57.8 Å². The zero-order valence-electron chi connectivity index (χ0n) is 16.6. The second-order valence-corrected chi connectivity index (χ2v) is 7.95. The van der Waals surface area contributed by atoms with Crippen molar-refractivity contribution in [3.63, 3.8) is 0 Å². The molecule has 0 amide bonds. The van der Waals surface area contributed by atoms with Crippen molar-refractivity contribution in [2.75, 3.05) is 13.2 Å². The van der Waals surface area contributed by atoms with E-state index < -0.39 is 5.97 Å². The lowest BCUT2D eigenvalue weighted by molar-refractivity contribution is -0.139. The molecule has 1 aliphatic rings. The Morgan fingerprint density at radius 3 is 2.57 bits per heavy atom. The fourth-order valence-corrected chi connectivity index (χ4v) is 4.38. The van der Waals surface area contributed by atoms with E-state index in [0.717, 1.165) is 5.56 Å². The van der Waals surface area contributed by atoms with Crippen LogP contribution in [0, 0.1) is 0 Å². The molecule has 0 saturated carbocycles. The maximum absolute atomic E-state index is 13.0. The largest absolute Gasteiger partial charge is 0.503 e. The van der Waals surface area contributed by atoms with Crippen molar-refractivity contribution in [2.45, 2.75) is 20.3 Å². The maximum atomic E-state index is 13.0. The molecule has 5 nitrogen and oxygen atoms in total. The number of carbonyl (C=O) groups is 2. The fourth-order valence-electron chi connectivity index (χ4n) is 2.98. The standard InChI is InChI=1S/C23H21ClO5S/c1-3-28-17-11-15(10-16(24)21(17)25)13-19-22(26)20(23(27)29-4-2)18(30-19)12-14-8-6-5-7-9-14/h5-11,13,25H,3-4,12H2,1-2H3/b19-13-. The lowest BCUT2D eigenvalue weighted by Crippen LogP contribution is -2.14. The van der Waals surface area contributed by atoms with Crippen molar-refractivity contribution in [1.29, 1.82) is 0 Å². The van der Waals surface area contributed by atoms with E-state index in [9.17, 15) is 14.7 Å². The van der Waals surface area contributed by atoms with E-state index in [4.69, 9.17) is 21.1 Å². The first-order chi connectivity index (χ1) is 14.4. The van der Waals surface area contributed by atoms with Crippen molar-refractivity contribution < 1.29 is 24.2 Å². The number of Topliss-reactive ketones (excluding diaryl/α,β-unsaturated/α-hetero) is 1. The molecule has 1 aliphatic heterocycles. The average molecular weight is 445 g/mol. The topological polar surface area (TPSA) is 72.8 Å². The summed E-state index contributed by atoms with van der Waals surface area (Å²) in [7, 11) is 0. The van der Waals surface area contributed by atoms with Gasteiger partial charge in [-0.3, -0.25) is 4.79 Å². The van der Waals surface area contributed by atoms with E-state index in [-0.39, 0.29) is 34.5 Å². The minimum Gasteiger partial charge on any atom is -0.503 e. The second-order valence-electron chi connectivity index (χ2n) is 6.40. The van der Waals surface area contributed by atoms with E-state index in [0.29, 0.717) is 28.4 Å². The molecule has 3 rings (SSSR count). The Hall–Kier alpha value is -2.70. The van der Waals surface area contributed by atoms with Gasteiger partial charge in [-0.05, 0) is 43.2 Å². The van der Waals surface area contributed by atoms with Gasteiger partial charge in [0.25, 0.3) is 0 Å². The number of benzene rings is 2. The lowest BCUT2D eigenvalue weighted by Gasteiger charge is -2.09. The van der Waals surface area contributed by atoms with E-state index in [2.05, 4.69) is 0 Å². The van der Waals surface area contributed by atoms with Crippen molar-refractivity contribution in [3.05, 3.63) is 74.0 Å². The van der Waals surface area contributed by atoms with Gasteiger partial charge in [0.15, 0.2) is 11.5 Å². The van der Waals surface area contributed by atoms with Crippen LogP contribution in [0.2, 0.25) is 5.02 Å². The molecule has 0 aliphatic carbocycles. The Kier molecular flexibility index (Phi) is 7.24. The predicted octanol–water partition coefficient (Wildman–Crippen LogP) is 5.16. The smallest absolute Gasteiger partial charge is 0.343 e. The molecule has 1 N–H and O–H groups in total. The average Bonchev–Trinajstić information content (AvgIpc) is 3.01. The molecule has 0 spiro atoms. The van der Waals surface area contributed by atoms with E-state index >= 15 is 0 Å². The normalized spacial score (nSPS) is 15.0. The monoisotopic (exact) mass is 444 g/mol. The summed E-state index contributed by atoms with van der Waals surface area (Å²) < 4.78 is 10.5. The summed E-state index contributed by atoms with van der Waals surface area (Å²) in [6.07, 6.45) is 2.08. The lowest BCUT2D eigenvalue weighted by atomic mass is 10.1. The third kappa shape index (κ3) is 4.89. The summed E-state index contributed by atoms with van der Waals surface area (Å²) in [5.41, 5.74) is 1.63. The highest BCUT2D eigenvalue weighted by molar-refractivity contribution is 8.08. The van der Waals surface area contributed by atoms with Crippen LogP contribution >= 0.6 is 23.4 Å². The predicted molar refractivity (Wildman–Crippen MR) is 119 cm³/mol. The summed E-state index contributed by atoms with van der Waals surface area (Å²) in [5, 5.41) is 10.1. The molecule has 7 heteroatoms. The molecule has 30 heavy (non-hydrogen) atoms. The Morgan fingerprint density at radius 1 is 1.17 bits per heavy atom. The van der Waals surface area contributed by atoms with Crippen LogP contribution in [0.4, 0.5) is 0 Å². The quantitative estimate of drug-likeness (QED) is 0.361. The highest BCUT2D eigenvalue weighted by Gasteiger charge is 2.34. The number of esters is 1. The number of phenolic OH excluding ortho intramolecular Hbond substituents is 1. The van der Waals surface area contributed by atoms with Gasteiger partial charge in [-0.25, -0.2) is 4.79 Å². The number of hydrogen-bond acceptors (Lipinski definition) is 6. The Labute approximate surface area is 184 Å². The molecule has 156 valence electrons. The highest BCUT2D eigenvalue weighted by Crippen LogP contribution is 2.43. The Morgan fingerprint density at radius 2 is 1.90 bits per heavy atom. The van der Waals surface area contributed by atoms with Crippen LogP contribution in [0.5, 0.6) is 11.5 Å². The SMILES string of the molecule is CCOC(=O)C1=C(Cc2ccccc2)S/C(=C\c2cc(Cl)c(O)c(OCC)c2)C1=O. The molecule has 0 aromatic heterocycles. The van der Waals surface area contributed by atoms with Gasteiger partial charge in [0, 0.05) is 11.3 Å². The van der Waals surface area contributed by atoms with Crippen LogP contribution < -0.4 is 4.74 Å². The number of aromatic hydroxyl groups is 1. The summed E-state index contributed by atoms with van der Waals surface area (Å²) >= 11 is 7.34. The molecule has 0 atom stereocenters. The fraction of sp³-hybridized carbons (Fsp3) is 0.217. The van der Waals surface area contributed by atoms with Gasteiger partial charge in [0.2, 0.25) is 5.78 Å². The van der Waals surface area contributed by atoms with E-state index in [1.807, 2.05) is 30.3 Å². The maximum Gasteiger partial charge on any atom is 0.343 e. The molecule has 0 fully saturated rings. The number of allylic oxidation sites excluding steroid dienone is 2. The molecule has 1 heterocycles. The van der Waals surface area contributed by atoms with Crippen molar-refractivity contribution in [2.24, 2.45) is 0 Å². The minimum absolute atomic E-state index is 0.0619. The molecule has 0 bridgehead atoms. The van der Waals surface area contributed by atoms with E-state index in [1.165, 1.54) is 11.8 Å². The number of carbonyl (C=O) groups excluding carboxylic acids is 2. The minimum atomic E-state index is -0.622. The van der Waals surface area contributed by atoms with Gasteiger partial charge in [-0.2, -0.15) is 0 Å². The molecule has 0 saturated heterocycles. The van der Waals surface area contributed by atoms with Crippen LogP contribution in [0.25, 0.3) is 6.08 Å². The molecule has 0 unspecified atom stereocenters. The molecule has 2 aromatic carbocycles. The van der Waals surface area contributed by atoms with Crippen LogP contribution in [-0.2, 0) is 20.7 Å². The third-order valence-electron chi connectivity index (χ3n) is 4.30. The van der Waals surface area contributed by atoms with Gasteiger partial charge in [0.05, 0.1) is 23.1 Å². The highest BCUT2D eigenvalue weighted by atomic mass is 35.5. The summed E-state index contributed by atoms with van der Waals surface area (Å²) in [4.78, 5) is 26.5. The molecule has 0 radical (unpaired) electrons. The first kappa shape index (κ1) is 22.0. The zero-order valence-corrected chi connectivity index (χ0v) is 18.2. The number of rotatable bonds is 7. The number of halogens is 1. The van der Waals surface area contributed by atoms with Gasteiger partial charge in [0.1, 0.15) is 5.57 Å². The zero-order chi connectivity index (χ0) is 21.7. The number of ether oxygens (including phenoxy) is 2. The van der Waals surface area contributed by atoms with Crippen molar-refractivity contribution in [3.8, 4) is 11.5 Å². The van der Waals surface area contributed by atoms with Crippen LogP contribution in [0.1, 0.15) is 25.0 Å². The van der Waals surface area contributed by atoms with Gasteiger partial charge < -0.3 is 14.6 Å². The van der Waals surface area contributed by atoms with Gasteiger partial charge in [-0.1, -0.05) is 53.7 Å². The Balaban J connectivity index is 1.97. The van der Waals surface area contributed by atoms with E-state index in [1.54, 1.807) is 32.1 Å². The molecular weight excluding hydrogens is 424 g/mol.